The van der Waals surface area contributed by atoms with Crippen molar-refractivity contribution in [2.24, 2.45) is 0 Å². The zero-order chi connectivity index (χ0) is 8.15. The number of hydrogen-bond donors (Lipinski definition) is 0. The summed E-state index contributed by atoms with van der Waals surface area (Å²) in [6.45, 7) is 0. The van der Waals surface area contributed by atoms with Crippen LogP contribution in [-0.4, -0.2) is 29.9 Å². The van der Waals surface area contributed by atoms with E-state index in [2.05, 4.69) is 0 Å². The van der Waals surface area contributed by atoms with E-state index in [1.54, 1.807) is 0 Å². The summed E-state index contributed by atoms with van der Waals surface area (Å²) in [4.78, 5) is 48.7. The molecule has 0 atom stereocenters. The first-order chi connectivity index (χ1) is 4.63. The van der Waals surface area contributed by atoms with Crippen LogP contribution < -0.4 is 0 Å². The Morgan fingerprint density at radius 3 is 1.27 bits per heavy atom. The van der Waals surface area contributed by atoms with Crippen molar-refractivity contribution in [3.63, 3.8) is 0 Å². The van der Waals surface area contributed by atoms with Crippen molar-refractivity contribution in [3.8, 4) is 0 Å². The monoisotopic (exact) mass is 196 g/mol. The molecule has 0 bridgehead atoms. The smallest absolute Gasteiger partial charge is 0.415 e. The Kier molecular flexibility index (Phi) is 6.43. The zero-order valence-corrected chi connectivity index (χ0v) is 6.00. The Labute approximate surface area is 71.6 Å². The van der Waals surface area contributed by atoms with Gasteiger partial charge in [0.15, 0.2) is 0 Å². The molecule has 0 N–H and O–H groups in total. The van der Waals surface area contributed by atoms with Gasteiger partial charge in [-0.1, -0.05) is 0 Å². The van der Waals surface area contributed by atoms with Gasteiger partial charge < -0.3 is 24.0 Å². The molecular weight excluding hydrogens is 196 g/mol. The van der Waals surface area contributed by atoms with Crippen LogP contribution in [0.25, 0.3) is 0 Å². The standard InChI is InChI=1S/C5O5.Fe/c6-1-3(8)5(10)4(9)2-7;/q-2;+2. The van der Waals surface area contributed by atoms with Crippen LogP contribution in [-0.2, 0) is 41.0 Å². The number of hydrogen-bond acceptors (Lipinski definition) is 5. The van der Waals surface area contributed by atoms with E-state index in [0.29, 0.717) is 12.6 Å². The van der Waals surface area contributed by atoms with Gasteiger partial charge in [-0.25, -0.2) is 0 Å². The van der Waals surface area contributed by atoms with E-state index in [0.717, 1.165) is 0 Å². The van der Waals surface area contributed by atoms with Crippen LogP contribution in [0.3, 0.4) is 0 Å². The minimum absolute atomic E-state index is 0. The fourth-order valence-electron chi connectivity index (χ4n) is 0.196. The summed E-state index contributed by atoms with van der Waals surface area (Å²) in [6, 6.07) is 0. The second kappa shape index (κ2) is 5.64. The third kappa shape index (κ3) is 3.54. The van der Waals surface area contributed by atoms with Gasteiger partial charge in [0.1, 0.15) is 5.78 Å². The molecule has 0 unspecified atom stereocenters. The van der Waals surface area contributed by atoms with Gasteiger partial charge in [-0.2, -0.15) is 0 Å². The van der Waals surface area contributed by atoms with E-state index in [-0.39, 0.29) is 17.1 Å². The van der Waals surface area contributed by atoms with Crippen molar-refractivity contribution in [3.05, 3.63) is 0 Å². The van der Waals surface area contributed by atoms with Gasteiger partial charge in [0.05, 0.1) is 11.6 Å². The maximum absolute atomic E-state index is 10.1. The van der Waals surface area contributed by atoms with Gasteiger partial charge in [-0.05, 0) is 0 Å². The Balaban J connectivity index is 0. The molecule has 0 rings (SSSR count). The van der Waals surface area contributed by atoms with Crippen molar-refractivity contribution in [1.29, 1.82) is 0 Å². The number of Topliss-reactive ketones (excluding diaryl/α,β-unsaturated/α-hetero) is 3. The van der Waals surface area contributed by atoms with Crippen LogP contribution in [0.4, 0.5) is 0 Å². The van der Waals surface area contributed by atoms with E-state index >= 15 is 0 Å². The molecule has 0 aromatic rings. The second-order valence-electron chi connectivity index (χ2n) is 1.19. The number of carbonyl (C=O) groups excluding carboxylic acids is 5. The number of carbonyl (C=O) groups is 3. The molecule has 0 radical (unpaired) electrons. The van der Waals surface area contributed by atoms with E-state index < -0.39 is 17.3 Å². The van der Waals surface area contributed by atoms with Crippen molar-refractivity contribution >= 4 is 29.9 Å². The van der Waals surface area contributed by atoms with Crippen LogP contribution in [0.2, 0.25) is 0 Å². The van der Waals surface area contributed by atoms with Crippen molar-refractivity contribution < 1.29 is 41.0 Å². The number of rotatable bonds is 4. The molecule has 0 amide bonds. The minimum Gasteiger partial charge on any atom is -0.415 e. The largest absolute Gasteiger partial charge is 2.00 e. The quantitative estimate of drug-likeness (QED) is 0.222. The Hall–Kier alpha value is -1.13. The van der Waals surface area contributed by atoms with Crippen LogP contribution in [0.1, 0.15) is 0 Å². The summed E-state index contributed by atoms with van der Waals surface area (Å²) in [6.07, 6.45) is 1.28. The predicted octanol–water partition coefficient (Wildman–Crippen LogP) is -2.09. The Bertz CT molecular complexity index is 197. The van der Waals surface area contributed by atoms with E-state index in [4.69, 9.17) is 0 Å². The van der Waals surface area contributed by atoms with Crippen LogP contribution in [0.5, 0.6) is 0 Å². The molecule has 0 aliphatic rings. The van der Waals surface area contributed by atoms with Gasteiger partial charge in [-0.3, -0.25) is 0 Å². The molecule has 0 saturated heterocycles. The molecule has 0 aromatic heterocycles. The average Bonchev–Trinajstić information content (AvgIpc) is 2.00. The predicted molar refractivity (Wildman–Crippen MR) is 26.4 cm³/mol. The SMILES string of the molecule is O=[C-]C(=O)C(=O)C(=O)[C-]=O.[Fe+2]. The van der Waals surface area contributed by atoms with Crippen LogP contribution in [0, 0.1) is 0 Å². The Morgan fingerprint density at radius 2 is 1.09 bits per heavy atom. The van der Waals surface area contributed by atoms with Crippen molar-refractivity contribution in [1.82, 2.24) is 0 Å². The summed E-state index contributed by atoms with van der Waals surface area (Å²) < 4.78 is 0. The summed E-state index contributed by atoms with van der Waals surface area (Å²) in [5.74, 6) is -5.02. The average molecular weight is 196 g/mol. The van der Waals surface area contributed by atoms with E-state index in [9.17, 15) is 24.0 Å². The fourth-order valence-corrected chi connectivity index (χ4v) is 0.196. The van der Waals surface area contributed by atoms with E-state index in [1.165, 1.54) is 0 Å². The summed E-state index contributed by atoms with van der Waals surface area (Å²) >= 11 is 0. The Morgan fingerprint density at radius 1 is 0.818 bits per heavy atom. The number of ketones is 3. The molecule has 6 heteroatoms. The minimum atomic E-state index is -1.70. The third-order valence-corrected chi connectivity index (χ3v) is 0.598. The molecule has 5 nitrogen and oxygen atoms in total. The van der Waals surface area contributed by atoms with Crippen LogP contribution >= 0.6 is 0 Å². The topological polar surface area (TPSA) is 85.3 Å². The molecule has 0 spiro atoms. The van der Waals surface area contributed by atoms with Crippen molar-refractivity contribution in [2.45, 2.75) is 0 Å². The van der Waals surface area contributed by atoms with E-state index in [1.807, 2.05) is 0 Å². The molecule has 0 aliphatic carbocycles. The molecule has 0 aromatic carbocycles. The molecular formula is C5FeO5. The molecule has 0 aliphatic heterocycles. The van der Waals surface area contributed by atoms with Gasteiger partial charge in [0.2, 0.25) is 0 Å². The second-order valence-corrected chi connectivity index (χ2v) is 1.19. The van der Waals surface area contributed by atoms with Crippen molar-refractivity contribution in [2.75, 3.05) is 0 Å². The molecule has 58 valence electrons. The summed E-state index contributed by atoms with van der Waals surface area (Å²) in [5, 5.41) is 0. The zero-order valence-electron chi connectivity index (χ0n) is 4.89. The van der Waals surface area contributed by atoms with Gasteiger partial charge in [-0.15, -0.1) is 0 Å². The first-order valence-corrected chi connectivity index (χ1v) is 2.02. The normalized spacial score (nSPS) is 7.27. The first kappa shape index (κ1) is 12.5. The molecule has 0 saturated carbocycles. The summed E-state index contributed by atoms with van der Waals surface area (Å²) in [5.41, 5.74) is 0. The molecule has 11 heavy (non-hydrogen) atoms. The molecule has 0 fully saturated rings. The third-order valence-electron chi connectivity index (χ3n) is 0.598. The fraction of sp³-hybridized carbons (Fsp3) is 0. The summed E-state index contributed by atoms with van der Waals surface area (Å²) in [7, 11) is 0. The maximum atomic E-state index is 10.1. The van der Waals surface area contributed by atoms with Gasteiger partial charge in [0.25, 0.3) is 0 Å². The maximum Gasteiger partial charge on any atom is 2.00 e. The first-order valence-electron chi connectivity index (χ1n) is 2.02. The van der Waals surface area contributed by atoms with Gasteiger partial charge in [0, 0.05) is 12.6 Å². The van der Waals surface area contributed by atoms with Crippen LogP contribution in [0.15, 0.2) is 0 Å². The molecule has 0 heterocycles. The van der Waals surface area contributed by atoms with Gasteiger partial charge >= 0.3 is 17.1 Å².